The maximum Gasteiger partial charge on any atom is 0.410 e. The molecule has 9 nitrogen and oxygen atoms in total. The fourth-order valence-corrected chi connectivity index (χ4v) is 4.07. The molecule has 1 aromatic carbocycles. The van der Waals surface area contributed by atoms with Gasteiger partial charge in [0, 0.05) is 12.6 Å². The molecule has 0 saturated carbocycles. The third-order valence-corrected chi connectivity index (χ3v) is 5.60. The van der Waals surface area contributed by atoms with E-state index in [2.05, 4.69) is 15.1 Å². The Balaban J connectivity index is 0.00000243. The lowest BCUT2D eigenvalue weighted by Crippen LogP contribution is -2.38. The first-order chi connectivity index (χ1) is 11.9. The quantitative estimate of drug-likeness (QED) is 0.557. The summed E-state index contributed by atoms with van der Waals surface area (Å²) in [5.74, 6) is -0.661. The molecule has 2 N–H and O–H groups in total. The molecule has 0 bridgehead atoms. The van der Waals surface area contributed by atoms with E-state index in [9.17, 15) is 18.5 Å². The predicted octanol–water partition coefficient (Wildman–Crippen LogP) is 1.40. The number of aromatic nitrogens is 2. The van der Waals surface area contributed by atoms with Crippen LogP contribution in [0.25, 0.3) is 0 Å². The number of nitrogens with zero attached hydrogens (tertiary/aromatic N) is 3. The lowest BCUT2D eigenvalue weighted by atomic mass is 9.95. The maximum absolute atomic E-state index is 12.5. The van der Waals surface area contributed by atoms with Gasteiger partial charge in [-0.05, 0) is 35.9 Å². The van der Waals surface area contributed by atoms with E-state index in [1.54, 1.807) is 6.92 Å². The molecule has 2 heterocycles. The van der Waals surface area contributed by atoms with Crippen molar-refractivity contribution in [3.63, 3.8) is 0 Å². The molecule has 1 atom stereocenters. The standard InChI is InChI=1S/C15H19N5O4S.ClH/c1-2-19-10-14(15(18-19)20(21)22)25(23,24)17-9-13-12-6-4-3-5-11(12)7-8-16-13;/h3-6,10,13,16-17H,2,7-9H2,1H3;1H. The van der Waals surface area contributed by atoms with Gasteiger partial charge in [-0.2, -0.15) is 4.68 Å². The van der Waals surface area contributed by atoms with Crippen LogP contribution in [0.4, 0.5) is 5.82 Å². The second-order valence-corrected chi connectivity index (χ2v) is 7.47. The van der Waals surface area contributed by atoms with Crippen LogP contribution in [0.5, 0.6) is 0 Å². The van der Waals surface area contributed by atoms with E-state index in [0.29, 0.717) is 6.54 Å². The lowest BCUT2D eigenvalue weighted by Gasteiger charge is -2.26. The molecule has 26 heavy (non-hydrogen) atoms. The van der Waals surface area contributed by atoms with Crippen LogP contribution in [0, 0.1) is 10.1 Å². The zero-order valence-electron chi connectivity index (χ0n) is 14.1. The van der Waals surface area contributed by atoms with Gasteiger partial charge in [0.2, 0.25) is 4.90 Å². The Morgan fingerprint density at radius 3 is 2.85 bits per heavy atom. The van der Waals surface area contributed by atoms with Gasteiger partial charge in [-0.25, -0.2) is 13.1 Å². The first kappa shape index (κ1) is 20.3. The zero-order chi connectivity index (χ0) is 18.0. The van der Waals surface area contributed by atoms with Gasteiger partial charge in [0.15, 0.2) is 0 Å². The van der Waals surface area contributed by atoms with Crippen LogP contribution in [0.3, 0.4) is 0 Å². The molecule has 2 aromatic rings. The van der Waals surface area contributed by atoms with Gasteiger partial charge in [0.05, 0.1) is 17.8 Å². The van der Waals surface area contributed by atoms with E-state index in [1.807, 2.05) is 24.3 Å². The minimum absolute atomic E-state index is 0. The highest BCUT2D eigenvalue weighted by Crippen LogP contribution is 2.24. The predicted molar refractivity (Wildman–Crippen MR) is 97.9 cm³/mol. The molecule has 0 radical (unpaired) electrons. The number of fused-ring (bicyclic) bond motifs is 1. The van der Waals surface area contributed by atoms with Crippen LogP contribution < -0.4 is 10.0 Å². The van der Waals surface area contributed by atoms with Crippen molar-refractivity contribution in [1.82, 2.24) is 19.8 Å². The van der Waals surface area contributed by atoms with Crippen molar-refractivity contribution in [3.05, 3.63) is 51.7 Å². The van der Waals surface area contributed by atoms with Gasteiger partial charge in [-0.1, -0.05) is 24.3 Å². The summed E-state index contributed by atoms with van der Waals surface area (Å²) in [5.41, 5.74) is 2.21. The van der Waals surface area contributed by atoms with E-state index >= 15 is 0 Å². The highest BCUT2D eigenvalue weighted by atomic mass is 35.5. The van der Waals surface area contributed by atoms with Gasteiger partial charge in [-0.15, -0.1) is 12.4 Å². The molecule has 0 aliphatic carbocycles. The van der Waals surface area contributed by atoms with Crippen LogP contribution in [0.1, 0.15) is 24.1 Å². The third kappa shape index (κ3) is 4.04. The molecule has 0 fully saturated rings. The van der Waals surface area contributed by atoms with Crippen LogP contribution >= 0.6 is 12.4 Å². The number of benzene rings is 1. The molecule has 3 rings (SSSR count). The average Bonchev–Trinajstić information content (AvgIpc) is 3.06. The number of aryl methyl sites for hydroxylation is 1. The van der Waals surface area contributed by atoms with Crippen molar-refractivity contribution in [2.75, 3.05) is 13.1 Å². The van der Waals surface area contributed by atoms with Gasteiger partial charge in [0.25, 0.3) is 10.0 Å². The van der Waals surface area contributed by atoms with Gasteiger partial charge in [-0.3, -0.25) is 0 Å². The number of rotatable bonds is 6. The van der Waals surface area contributed by atoms with Crippen LogP contribution in [0.2, 0.25) is 0 Å². The highest BCUT2D eigenvalue weighted by Gasteiger charge is 2.32. The first-order valence-corrected chi connectivity index (χ1v) is 9.43. The van der Waals surface area contributed by atoms with Crippen LogP contribution in [-0.2, 0) is 23.0 Å². The zero-order valence-corrected chi connectivity index (χ0v) is 15.7. The average molecular weight is 402 g/mol. The maximum atomic E-state index is 12.5. The Labute approximate surface area is 157 Å². The fraction of sp³-hybridized carbons (Fsp3) is 0.400. The van der Waals surface area contributed by atoms with Crippen molar-refractivity contribution in [2.45, 2.75) is 30.8 Å². The third-order valence-electron chi connectivity index (χ3n) is 4.19. The molecule has 11 heteroatoms. The number of hydrogen-bond donors (Lipinski definition) is 2. The summed E-state index contributed by atoms with van der Waals surface area (Å²) in [4.78, 5) is 9.90. The summed E-state index contributed by atoms with van der Waals surface area (Å²) in [5, 5.41) is 18.1. The largest absolute Gasteiger partial charge is 0.410 e. The lowest BCUT2D eigenvalue weighted by molar-refractivity contribution is -0.392. The summed E-state index contributed by atoms with van der Waals surface area (Å²) in [6.07, 6.45) is 2.07. The number of sulfonamides is 1. The molecule has 1 aliphatic heterocycles. The smallest absolute Gasteiger partial charge is 0.358 e. The second kappa shape index (κ2) is 8.12. The Kier molecular flexibility index (Phi) is 6.34. The molecule has 1 aliphatic rings. The molecular weight excluding hydrogens is 382 g/mol. The molecule has 0 spiro atoms. The Bertz CT molecular complexity index is 899. The van der Waals surface area contributed by atoms with Gasteiger partial charge in [0.1, 0.15) is 0 Å². The number of halogens is 1. The summed E-state index contributed by atoms with van der Waals surface area (Å²) < 4.78 is 28.8. The SMILES string of the molecule is CCn1cc(S(=O)(=O)NCC2NCCc3ccccc32)c([N+](=O)[O-])n1.Cl. The van der Waals surface area contributed by atoms with E-state index in [4.69, 9.17) is 0 Å². The van der Waals surface area contributed by atoms with Crippen molar-refractivity contribution in [1.29, 1.82) is 0 Å². The minimum atomic E-state index is -4.04. The normalized spacial score (nSPS) is 16.6. The van der Waals surface area contributed by atoms with E-state index < -0.39 is 25.7 Å². The molecule has 1 unspecified atom stereocenters. The summed E-state index contributed by atoms with van der Waals surface area (Å²) >= 11 is 0. The monoisotopic (exact) mass is 401 g/mol. The Morgan fingerprint density at radius 2 is 2.15 bits per heavy atom. The van der Waals surface area contributed by atoms with E-state index in [0.717, 1.165) is 18.5 Å². The molecule has 0 amide bonds. The molecule has 1 aromatic heterocycles. The molecule has 142 valence electrons. The Hall–Kier alpha value is -2.01. The molecule has 0 saturated heterocycles. The van der Waals surface area contributed by atoms with Gasteiger partial charge < -0.3 is 15.4 Å². The second-order valence-electron chi connectivity index (χ2n) is 5.74. The first-order valence-electron chi connectivity index (χ1n) is 7.95. The summed E-state index contributed by atoms with van der Waals surface area (Å²) in [6.45, 7) is 2.92. The highest BCUT2D eigenvalue weighted by molar-refractivity contribution is 7.89. The van der Waals surface area contributed by atoms with E-state index in [1.165, 1.54) is 16.4 Å². The van der Waals surface area contributed by atoms with Crippen molar-refractivity contribution >= 4 is 28.2 Å². The summed E-state index contributed by atoms with van der Waals surface area (Å²) in [6, 6.07) is 7.66. The summed E-state index contributed by atoms with van der Waals surface area (Å²) in [7, 11) is -4.04. The number of nitro groups is 1. The van der Waals surface area contributed by atoms with Crippen molar-refractivity contribution in [2.24, 2.45) is 0 Å². The van der Waals surface area contributed by atoms with Crippen molar-refractivity contribution < 1.29 is 13.3 Å². The number of hydrogen-bond acceptors (Lipinski definition) is 6. The Morgan fingerprint density at radius 1 is 1.42 bits per heavy atom. The van der Waals surface area contributed by atoms with Crippen molar-refractivity contribution in [3.8, 4) is 0 Å². The number of nitrogens with one attached hydrogen (secondary N) is 2. The minimum Gasteiger partial charge on any atom is -0.358 e. The fourth-order valence-electron chi connectivity index (χ4n) is 2.92. The van der Waals surface area contributed by atoms with Gasteiger partial charge >= 0.3 is 5.82 Å². The van der Waals surface area contributed by atoms with Crippen LogP contribution in [-0.4, -0.2) is 36.2 Å². The van der Waals surface area contributed by atoms with E-state index in [-0.39, 0.29) is 25.0 Å². The van der Waals surface area contributed by atoms with Crippen LogP contribution in [0.15, 0.2) is 35.4 Å². The topological polar surface area (TPSA) is 119 Å². The molecular formula is C15H20ClN5O4S.